The van der Waals surface area contributed by atoms with Crippen LogP contribution in [0.4, 0.5) is 0 Å². The Balaban J connectivity index is 1.33. The zero-order chi connectivity index (χ0) is 29.7. The number of methoxy groups -OCH3 is 1. The molecule has 0 N–H and O–H groups in total. The Hall–Kier alpha value is -2.57. The van der Waals surface area contributed by atoms with E-state index in [4.69, 9.17) is 23.7 Å². The Morgan fingerprint density at radius 3 is 2.07 bits per heavy atom. The van der Waals surface area contributed by atoms with E-state index < -0.39 is 5.60 Å². The highest BCUT2D eigenvalue weighted by molar-refractivity contribution is 5.70. The lowest BCUT2D eigenvalue weighted by Gasteiger charge is -2.29. The third kappa shape index (κ3) is 13.6. The third-order valence-electron chi connectivity index (χ3n) is 8.03. The highest BCUT2D eigenvalue weighted by Crippen LogP contribution is 2.34. The average molecular weight is 583 g/mol. The van der Waals surface area contributed by atoms with Crippen molar-refractivity contribution in [2.24, 2.45) is 0 Å². The second-order valence-electron chi connectivity index (χ2n) is 11.7. The van der Waals surface area contributed by atoms with Crippen LogP contribution in [0.5, 0.6) is 11.5 Å². The van der Waals surface area contributed by atoms with Crippen molar-refractivity contribution in [1.82, 2.24) is 0 Å². The van der Waals surface area contributed by atoms with E-state index in [1.165, 1.54) is 64.2 Å². The summed E-state index contributed by atoms with van der Waals surface area (Å²) in [6.07, 6.45) is 17.1. The fourth-order valence-electron chi connectivity index (χ4n) is 5.48. The van der Waals surface area contributed by atoms with Crippen LogP contribution >= 0.6 is 0 Å². The van der Waals surface area contributed by atoms with E-state index in [-0.39, 0.29) is 18.5 Å². The maximum atomic E-state index is 12.6. The molecule has 0 aromatic heterocycles. The van der Waals surface area contributed by atoms with E-state index in [2.05, 4.69) is 6.92 Å². The standard InChI is InChI=1S/C36H54O6/c1-3-4-5-6-7-8-9-10-11-12-13-17-26-40-35(37)27-34-24-25-36(42-34,29-39-28-31-18-15-14-16-19-31)30-41-33-22-20-32(38-2)21-23-33/h14-16,18-23,34H,3-13,17,24-30H2,1-2H3/t34-,36+/m0/s1. The Labute approximate surface area is 254 Å². The number of carbonyl (C=O) groups excluding carboxylic acids is 1. The maximum Gasteiger partial charge on any atom is 0.308 e. The van der Waals surface area contributed by atoms with Crippen LogP contribution in [0.15, 0.2) is 54.6 Å². The van der Waals surface area contributed by atoms with Gasteiger partial charge in [0, 0.05) is 0 Å². The SMILES string of the molecule is CCCCCCCCCCCCCCOC(=O)C[C@@H]1CC[C@@](COCc2ccccc2)(COc2ccc(OC)cc2)O1. The highest BCUT2D eigenvalue weighted by atomic mass is 16.6. The summed E-state index contributed by atoms with van der Waals surface area (Å²) >= 11 is 0. The maximum absolute atomic E-state index is 12.6. The van der Waals surface area contributed by atoms with Gasteiger partial charge in [0.25, 0.3) is 0 Å². The topological polar surface area (TPSA) is 63.2 Å². The van der Waals surface area contributed by atoms with Gasteiger partial charge < -0.3 is 23.7 Å². The fraction of sp³-hybridized carbons (Fsp3) is 0.639. The normalized spacial score (nSPS) is 18.2. The van der Waals surface area contributed by atoms with Crippen molar-refractivity contribution in [2.45, 2.75) is 122 Å². The minimum Gasteiger partial charge on any atom is -0.497 e. The largest absolute Gasteiger partial charge is 0.497 e. The van der Waals surface area contributed by atoms with Gasteiger partial charge >= 0.3 is 5.97 Å². The van der Waals surface area contributed by atoms with Gasteiger partial charge in [0.15, 0.2) is 0 Å². The number of hydrogen-bond donors (Lipinski definition) is 0. The molecule has 3 rings (SSSR count). The zero-order valence-electron chi connectivity index (χ0n) is 26.2. The molecule has 6 nitrogen and oxygen atoms in total. The first kappa shape index (κ1) is 33.9. The van der Waals surface area contributed by atoms with Crippen molar-refractivity contribution < 1.29 is 28.5 Å². The van der Waals surface area contributed by atoms with E-state index in [0.717, 1.165) is 42.7 Å². The third-order valence-corrected chi connectivity index (χ3v) is 8.03. The minimum atomic E-state index is -0.616. The van der Waals surface area contributed by atoms with Gasteiger partial charge in [-0.05, 0) is 49.1 Å². The molecular formula is C36H54O6. The molecule has 1 aliphatic heterocycles. The molecule has 1 heterocycles. The van der Waals surface area contributed by atoms with Crippen LogP contribution in [-0.2, 0) is 25.6 Å². The Morgan fingerprint density at radius 2 is 1.43 bits per heavy atom. The molecule has 0 radical (unpaired) electrons. The number of rotatable bonds is 23. The first-order valence-corrected chi connectivity index (χ1v) is 16.3. The molecule has 2 atom stereocenters. The first-order chi connectivity index (χ1) is 20.6. The summed E-state index contributed by atoms with van der Waals surface area (Å²) in [6, 6.07) is 17.6. The quantitative estimate of drug-likeness (QED) is 0.0963. The van der Waals surface area contributed by atoms with Crippen LogP contribution in [0, 0.1) is 0 Å². The van der Waals surface area contributed by atoms with Gasteiger partial charge in [-0.3, -0.25) is 4.79 Å². The summed E-state index contributed by atoms with van der Waals surface area (Å²) in [7, 11) is 1.64. The Morgan fingerprint density at radius 1 is 0.810 bits per heavy atom. The predicted molar refractivity (Wildman–Crippen MR) is 168 cm³/mol. The van der Waals surface area contributed by atoms with Crippen molar-refractivity contribution in [3.05, 3.63) is 60.2 Å². The van der Waals surface area contributed by atoms with Crippen molar-refractivity contribution in [1.29, 1.82) is 0 Å². The number of esters is 1. The molecule has 42 heavy (non-hydrogen) atoms. The van der Waals surface area contributed by atoms with Crippen LogP contribution < -0.4 is 9.47 Å². The molecule has 0 bridgehead atoms. The van der Waals surface area contributed by atoms with Gasteiger partial charge in [0.05, 0.1) is 39.5 Å². The van der Waals surface area contributed by atoms with Gasteiger partial charge in [0.1, 0.15) is 23.7 Å². The van der Waals surface area contributed by atoms with Crippen LogP contribution in [0.3, 0.4) is 0 Å². The summed E-state index contributed by atoms with van der Waals surface area (Å²) < 4.78 is 29.5. The van der Waals surface area contributed by atoms with Gasteiger partial charge in [0.2, 0.25) is 0 Å². The molecule has 1 saturated heterocycles. The summed E-state index contributed by atoms with van der Waals surface area (Å²) in [5.74, 6) is 1.34. The number of unbranched alkanes of at least 4 members (excludes halogenated alkanes) is 11. The molecule has 1 aliphatic rings. The molecule has 0 aliphatic carbocycles. The van der Waals surface area contributed by atoms with Gasteiger partial charge in [-0.15, -0.1) is 0 Å². The summed E-state index contributed by atoms with van der Waals surface area (Å²) in [6.45, 7) is 4.00. The molecule has 2 aromatic carbocycles. The predicted octanol–water partition coefficient (Wildman–Crippen LogP) is 8.84. The Bertz CT molecular complexity index is 963. The fourth-order valence-corrected chi connectivity index (χ4v) is 5.48. The minimum absolute atomic E-state index is 0.180. The molecular weight excluding hydrogens is 528 g/mol. The monoisotopic (exact) mass is 582 g/mol. The summed E-state index contributed by atoms with van der Waals surface area (Å²) in [4.78, 5) is 12.6. The lowest BCUT2D eigenvalue weighted by atomic mass is 10.0. The van der Waals surface area contributed by atoms with E-state index >= 15 is 0 Å². The molecule has 0 amide bonds. The van der Waals surface area contributed by atoms with Crippen LogP contribution in [-0.4, -0.2) is 44.6 Å². The van der Waals surface area contributed by atoms with Gasteiger partial charge in [-0.2, -0.15) is 0 Å². The molecule has 0 saturated carbocycles. The number of hydrogen-bond acceptors (Lipinski definition) is 6. The molecule has 0 unspecified atom stereocenters. The van der Waals surface area contributed by atoms with E-state index in [1.807, 2.05) is 54.6 Å². The highest BCUT2D eigenvalue weighted by Gasteiger charge is 2.42. The first-order valence-electron chi connectivity index (χ1n) is 16.3. The number of ether oxygens (including phenoxy) is 5. The summed E-state index contributed by atoms with van der Waals surface area (Å²) in [5.41, 5.74) is 0.495. The number of benzene rings is 2. The van der Waals surface area contributed by atoms with Gasteiger partial charge in [-0.1, -0.05) is 108 Å². The van der Waals surface area contributed by atoms with Gasteiger partial charge in [-0.25, -0.2) is 0 Å². The zero-order valence-corrected chi connectivity index (χ0v) is 26.2. The molecule has 0 spiro atoms. The Kier molecular flexibility index (Phi) is 16.4. The van der Waals surface area contributed by atoms with Crippen molar-refractivity contribution >= 4 is 5.97 Å². The van der Waals surface area contributed by atoms with E-state index in [1.54, 1.807) is 7.11 Å². The van der Waals surface area contributed by atoms with Crippen LogP contribution in [0.2, 0.25) is 0 Å². The van der Waals surface area contributed by atoms with Crippen molar-refractivity contribution in [2.75, 3.05) is 26.9 Å². The van der Waals surface area contributed by atoms with E-state index in [9.17, 15) is 4.79 Å². The average Bonchev–Trinajstić information content (AvgIpc) is 3.41. The number of carbonyl (C=O) groups is 1. The van der Waals surface area contributed by atoms with E-state index in [0.29, 0.717) is 26.4 Å². The second kappa shape index (κ2) is 20.4. The lowest BCUT2D eigenvalue weighted by Crippen LogP contribution is -2.41. The molecule has 1 fully saturated rings. The summed E-state index contributed by atoms with van der Waals surface area (Å²) in [5, 5.41) is 0. The van der Waals surface area contributed by atoms with Crippen molar-refractivity contribution in [3.63, 3.8) is 0 Å². The van der Waals surface area contributed by atoms with Crippen molar-refractivity contribution in [3.8, 4) is 11.5 Å². The second-order valence-corrected chi connectivity index (χ2v) is 11.7. The lowest BCUT2D eigenvalue weighted by molar-refractivity contribution is -0.152. The molecule has 6 heteroatoms. The molecule has 234 valence electrons. The van der Waals surface area contributed by atoms with Crippen LogP contribution in [0.25, 0.3) is 0 Å². The van der Waals surface area contributed by atoms with Crippen LogP contribution in [0.1, 0.15) is 109 Å². The molecule has 2 aromatic rings. The smallest absolute Gasteiger partial charge is 0.308 e.